The van der Waals surface area contributed by atoms with Gasteiger partial charge < -0.3 is 0 Å². The summed E-state index contributed by atoms with van der Waals surface area (Å²) in [5.41, 5.74) is 12.4. The first kappa shape index (κ1) is 26.0. The van der Waals surface area contributed by atoms with Crippen LogP contribution in [0.2, 0.25) is 5.02 Å². The summed E-state index contributed by atoms with van der Waals surface area (Å²) < 4.78 is 6.20. The van der Waals surface area contributed by atoms with Crippen LogP contribution >= 0.6 is 11.6 Å². The van der Waals surface area contributed by atoms with E-state index in [9.17, 15) is 0 Å². The fourth-order valence-electron chi connectivity index (χ4n) is 6.82. The van der Waals surface area contributed by atoms with Gasteiger partial charge in [-0.25, -0.2) is 0 Å². The Kier molecular flexibility index (Phi) is 7.28. The average Bonchev–Trinajstić information content (AvgIpc) is 2.71. The van der Waals surface area contributed by atoms with Crippen LogP contribution < -0.4 is 14.3 Å². The molecular weight excluding hydrogens is 551 g/mol. The quantitative estimate of drug-likeness (QED) is 0.240. The summed E-state index contributed by atoms with van der Waals surface area (Å²) in [6, 6.07) is 23.2. The number of hydrogen-bond donors (Lipinski definition) is 0. The number of hydrogen-bond acceptors (Lipinski definition) is 0. The predicted octanol–water partition coefficient (Wildman–Crippen LogP) is 6.49. The Hall–Kier alpha value is -2.03. The molecule has 0 bridgehead atoms. The van der Waals surface area contributed by atoms with Gasteiger partial charge in [0, 0.05) is 0 Å². The summed E-state index contributed by atoms with van der Waals surface area (Å²) in [6.45, 7) is 20.6. The second-order valence-corrected chi connectivity index (χ2v) is 21.2. The summed E-state index contributed by atoms with van der Waals surface area (Å²) in [5.74, 6) is 0. The molecule has 0 saturated heterocycles. The van der Waals surface area contributed by atoms with Gasteiger partial charge in [-0.15, -0.1) is 0 Å². The van der Waals surface area contributed by atoms with Crippen molar-refractivity contribution < 1.29 is 0 Å². The Bertz CT molecular complexity index is 1220. The molecule has 0 aliphatic heterocycles. The fourth-order valence-corrected chi connectivity index (χ4v) is 24.8. The van der Waals surface area contributed by atoms with Gasteiger partial charge >= 0.3 is 222 Å². The number of halogens is 1. The van der Waals surface area contributed by atoms with Crippen LogP contribution in [0.25, 0.3) is 0 Å². The van der Waals surface area contributed by atoms with Crippen LogP contribution in [-0.2, 0) is 0 Å². The Morgan fingerprint density at radius 2 is 0.686 bits per heavy atom. The second kappa shape index (κ2) is 9.79. The summed E-state index contributed by atoms with van der Waals surface area (Å²) in [5, 5.41) is 0.793. The standard InChI is InChI=1S/3C9H11.C6H4Cl.Sn/c3*1-7-4-8(2)6-9(3)5-7;7-6-4-2-1-3-5-6;/h3*4-5H,1-3H3;2-5H;. The maximum absolute atomic E-state index is 6.47. The molecule has 4 rings (SSSR count). The zero-order valence-corrected chi connectivity index (χ0v) is 26.3. The molecule has 0 amide bonds. The van der Waals surface area contributed by atoms with E-state index in [2.05, 4.69) is 123 Å². The van der Waals surface area contributed by atoms with Gasteiger partial charge in [0.1, 0.15) is 0 Å². The Balaban J connectivity index is 2.38. The normalized spacial score (nSPS) is 11.7. The van der Waals surface area contributed by atoms with E-state index < -0.39 is 18.4 Å². The Morgan fingerprint density at radius 3 is 0.943 bits per heavy atom. The Labute approximate surface area is 221 Å². The molecule has 35 heavy (non-hydrogen) atoms. The van der Waals surface area contributed by atoms with Crippen LogP contribution in [0.15, 0.2) is 60.7 Å². The third-order valence-corrected chi connectivity index (χ3v) is 24.3. The molecule has 0 N–H and O–H groups in total. The molecule has 0 aliphatic rings. The van der Waals surface area contributed by atoms with Gasteiger partial charge in [0.05, 0.1) is 0 Å². The van der Waals surface area contributed by atoms with E-state index in [1.54, 1.807) is 10.7 Å². The molecule has 0 aliphatic carbocycles. The van der Waals surface area contributed by atoms with E-state index in [1.165, 1.54) is 53.7 Å². The van der Waals surface area contributed by atoms with Crippen LogP contribution in [0.5, 0.6) is 0 Å². The minimum absolute atomic E-state index is 0.793. The first-order valence-corrected chi connectivity index (χ1v) is 18.6. The summed E-state index contributed by atoms with van der Waals surface area (Å²) in [7, 11) is 0. The van der Waals surface area contributed by atoms with Crippen LogP contribution in [0.3, 0.4) is 0 Å². The summed E-state index contributed by atoms with van der Waals surface area (Å²) >= 11 is 2.61. The van der Waals surface area contributed by atoms with Crippen molar-refractivity contribution in [2.24, 2.45) is 0 Å². The molecule has 0 nitrogen and oxygen atoms in total. The molecule has 0 spiro atoms. The zero-order chi connectivity index (χ0) is 25.7. The van der Waals surface area contributed by atoms with Crippen LogP contribution in [-0.4, -0.2) is 18.4 Å². The number of aryl methyl sites for hydroxylation is 9. The van der Waals surface area contributed by atoms with Gasteiger partial charge in [0.2, 0.25) is 0 Å². The molecule has 0 atom stereocenters. The van der Waals surface area contributed by atoms with Gasteiger partial charge in [0.15, 0.2) is 0 Å². The van der Waals surface area contributed by atoms with Gasteiger partial charge in [-0.3, -0.25) is 0 Å². The van der Waals surface area contributed by atoms with Gasteiger partial charge in [-0.1, -0.05) is 0 Å². The molecule has 0 unspecified atom stereocenters. The van der Waals surface area contributed by atoms with Crippen molar-refractivity contribution in [2.45, 2.75) is 62.3 Å². The SMILES string of the molecule is Cc1cc(C)[c]([Sn]([c]2ccc(Cl)cc2)([c]2c(C)cc(C)cc2C)[c]2c(C)cc(C)cc2C)c(C)c1. The molecule has 2 heteroatoms. The van der Waals surface area contributed by atoms with Crippen molar-refractivity contribution in [1.29, 1.82) is 0 Å². The van der Waals surface area contributed by atoms with Gasteiger partial charge in [0.25, 0.3) is 0 Å². The molecule has 0 radical (unpaired) electrons. The number of benzene rings is 4. The first-order valence-electron chi connectivity index (χ1n) is 12.5. The second-order valence-electron chi connectivity index (χ2n) is 10.6. The van der Waals surface area contributed by atoms with Crippen molar-refractivity contribution in [3.8, 4) is 0 Å². The van der Waals surface area contributed by atoms with Crippen LogP contribution in [0.4, 0.5) is 0 Å². The van der Waals surface area contributed by atoms with E-state index in [0.717, 1.165) is 5.02 Å². The van der Waals surface area contributed by atoms with Crippen molar-refractivity contribution in [3.63, 3.8) is 0 Å². The van der Waals surface area contributed by atoms with Crippen molar-refractivity contribution in [2.75, 3.05) is 0 Å². The average molecular weight is 588 g/mol. The summed E-state index contributed by atoms with van der Waals surface area (Å²) in [6.07, 6.45) is 0. The minimum atomic E-state index is -3.87. The predicted molar refractivity (Wildman–Crippen MR) is 158 cm³/mol. The van der Waals surface area contributed by atoms with Crippen molar-refractivity contribution in [1.82, 2.24) is 0 Å². The number of rotatable bonds is 4. The van der Waals surface area contributed by atoms with Gasteiger partial charge in [-0.05, 0) is 0 Å². The van der Waals surface area contributed by atoms with E-state index >= 15 is 0 Å². The van der Waals surface area contributed by atoms with Crippen molar-refractivity contribution in [3.05, 3.63) is 116 Å². The van der Waals surface area contributed by atoms with Gasteiger partial charge in [-0.2, -0.15) is 0 Å². The van der Waals surface area contributed by atoms with E-state index in [1.807, 2.05) is 0 Å². The zero-order valence-electron chi connectivity index (χ0n) is 22.7. The van der Waals surface area contributed by atoms with E-state index in [0.29, 0.717) is 0 Å². The fraction of sp³-hybridized carbons (Fsp3) is 0.273. The molecule has 4 aromatic carbocycles. The monoisotopic (exact) mass is 588 g/mol. The van der Waals surface area contributed by atoms with Crippen molar-refractivity contribution >= 4 is 44.3 Å². The molecule has 0 saturated carbocycles. The summed E-state index contributed by atoms with van der Waals surface area (Å²) in [4.78, 5) is 0. The molecule has 4 aromatic rings. The van der Waals surface area contributed by atoms with Crippen LogP contribution in [0, 0.1) is 62.3 Å². The molecule has 180 valence electrons. The third kappa shape index (κ3) is 4.49. The van der Waals surface area contributed by atoms with E-state index in [-0.39, 0.29) is 0 Å². The molecular formula is C33H37ClSn. The molecule has 0 fully saturated rings. The third-order valence-electron chi connectivity index (χ3n) is 7.43. The first-order chi connectivity index (χ1) is 16.5. The maximum atomic E-state index is 6.47. The Morgan fingerprint density at radius 1 is 0.429 bits per heavy atom. The molecule has 0 aromatic heterocycles. The van der Waals surface area contributed by atoms with E-state index in [4.69, 9.17) is 11.6 Å². The van der Waals surface area contributed by atoms with Crippen LogP contribution in [0.1, 0.15) is 50.1 Å². The molecule has 0 heterocycles. The topological polar surface area (TPSA) is 0 Å².